The van der Waals surface area contributed by atoms with Gasteiger partial charge < -0.3 is 15.0 Å². The molecule has 0 aliphatic carbocycles. The lowest BCUT2D eigenvalue weighted by molar-refractivity contribution is -0.0154. The fourth-order valence-corrected chi connectivity index (χ4v) is 2.75. The van der Waals surface area contributed by atoms with Crippen LogP contribution in [0.25, 0.3) is 0 Å². The number of primary sulfonamides is 1. The van der Waals surface area contributed by atoms with Gasteiger partial charge in [-0.15, -0.1) is 0 Å². The summed E-state index contributed by atoms with van der Waals surface area (Å²) in [6.07, 6.45) is 0.965. The van der Waals surface area contributed by atoms with Crippen molar-refractivity contribution in [2.75, 3.05) is 19.7 Å². The maximum atomic E-state index is 12.1. The molecule has 1 aromatic carbocycles. The van der Waals surface area contributed by atoms with Gasteiger partial charge in [-0.05, 0) is 24.1 Å². The van der Waals surface area contributed by atoms with Crippen LogP contribution in [0, 0.1) is 0 Å². The number of hydrogen-bond donors (Lipinski definition) is 2. The largest absolute Gasteiger partial charge is 0.375 e. The number of amides is 2. The van der Waals surface area contributed by atoms with Crippen LogP contribution in [0.4, 0.5) is 4.79 Å². The molecule has 8 heteroatoms. The fraction of sp³-hybridized carbons (Fsp3) is 0.500. The molecule has 1 atom stereocenters. The topological polar surface area (TPSA) is 102 Å². The highest BCUT2D eigenvalue weighted by Crippen LogP contribution is 2.10. The number of benzene rings is 1. The van der Waals surface area contributed by atoms with Crippen LogP contribution in [0.2, 0.25) is 0 Å². The Balaban J connectivity index is 1.88. The summed E-state index contributed by atoms with van der Waals surface area (Å²) in [6.45, 7) is 4.07. The molecule has 2 amide bonds. The summed E-state index contributed by atoms with van der Waals surface area (Å²) < 4.78 is 27.9. The number of nitrogens with two attached hydrogens (primary N) is 1. The van der Waals surface area contributed by atoms with Crippen molar-refractivity contribution in [3.05, 3.63) is 29.8 Å². The number of carbonyl (C=O) groups is 1. The first-order chi connectivity index (χ1) is 10.4. The first kappa shape index (κ1) is 16.7. The van der Waals surface area contributed by atoms with E-state index >= 15 is 0 Å². The number of hydrogen-bond acceptors (Lipinski definition) is 4. The Bertz CT molecular complexity index is 615. The van der Waals surface area contributed by atoms with E-state index in [-0.39, 0.29) is 17.0 Å². The van der Waals surface area contributed by atoms with E-state index in [1.807, 2.05) is 6.92 Å². The highest BCUT2D eigenvalue weighted by atomic mass is 32.2. The molecule has 0 radical (unpaired) electrons. The van der Waals surface area contributed by atoms with Crippen LogP contribution in [0.3, 0.4) is 0 Å². The number of rotatable bonds is 4. The summed E-state index contributed by atoms with van der Waals surface area (Å²) >= 11 is 0. The molecule has 1 saturated heterocycles. The second kappa shape index (κ2) is 7.08. The summed E-state index contributed by atoms with van der Waals surface area (Å²) in [7, 11) is -3.69. The second-order valence-corrected chi connectivity index (χ2v) is 6.76. The molecule has 0 spiro atoms. The van der Waals surface area contributed by atoms with Crippen LogP contribution < -0.4 is 10.5 Å². The average Bonchev–Trinajstić information content (AvgIpc) is 2.52. The molecule has 1 aliphatic rings. The highest BCUT2D eigenvalue weighted by molar-refractivity contribution is 7.89. The Kier molecular flexibility index (Phi) is 5.38. The number of morpholine rings is 1. The molecule has 0 unspecified atom stereocenters. The van der Waals surface area contributed by atoms with Crippen LogP contribution in [0.5, 0.6) is 0 Å². The summed E-state index contributed by atoms with van der Waals surface area (Å²) in [5.74, 6) is 0. The van der Waals surface area contributed by atoms with Crippen LogP contribution in [0.15, 0.2) is 29.2 Å². The minimum Gasteiger partial charge on any atom is -0.375 e. The minimum absolute atomic E-state index is 0.0570. The molecule has 3 N–H and O–H groups in total. The molecule has 0 saturated carbocycles. The maximum Gasteiger partial charge on any atom is 0.317 e. The predicted octanol–water partition coefficient (Wildman–Crippen LogP) is 0.654. The standard InChI is InChI=1S/C14H21N3O4S/c1-2-12-10-17(7-8-21-12)14(18)16-9-11-3-5-13(6-4-11)22(15,19)20/h3-6,12H,2,7-10H2,1H3,(H,16,18)(H2,15,19,20)/t12-/m1/s1. The van der Waals surface area contributed by atoms with Crippen LogP contribution in [0.1, 0.15) is 18.9 Å². The van der Waals surface area contributed by atoms with Gasteiger partial charge in [0.15, 0.2) is 0 Å². The molecule has 7 nitrogen and oxygen atoms in total. The van der Waals surface area contributed by atoms with Crippen molar-refractivity contribution in [3.63, 3.8) is 0 Å². The first-order valence-electron chi connectivity index (χ1n) is 7.16. The quantitative estimate of drug-likeness (QED) is 0.848. The number of carbonyl (C=O) groups excluding carboxylic acids is 1. The first-order valence-corrected chi connectivity index (χ1v) is 8.71. The van der Waals surface area contributed by atoms with Crippen molar-refractivity contribution in [2.24, 2.45) is 5.14 Å². The highest BCUT2D eigenvalue weighted by Gasteiger charge is 2.22. The van der Waals surface area contributed by atoms with Gasteiger partial charge in [-0.2, -0.15) is 0 Å². The van der Waals surface area contributed by atoms with Gasteiger partial charge in [-0.25, -0.2) is 18.4 Å². The lowest BCUT2D eigenvalue weighted by Crippen LogP contribution is -2.49. The van der Waals surface area contributed by atoms with Crippen molar-refractivity contribution in [2.45, 2.75) is 30.9 Å². The normalized spacial score (nSPS) is 19.0. The monoisotopic (exact) mass is 327 g/mol. The Morgan fingerprint density at radius 2 is 2.09 bits per heavy atom. The van der Waals surface area contributed by atoms with Crippen LogP contribution in [-0.4, -0.2) is 45.1 Å². The lowest BCUT2D eigenvalue weighted by atomic mass is 10.2. The molecule has 1 fully saturated rings. The van der Waals surface area contributed by atoms with Crippen LogP contribution in [-0.2, 0) is 21.3 Å². The number of urea groups is 1. The average molecular weight is 327 g/mol. The van der Waals surface area contributed by atoms with E-state index in [4.69, 9.17) is 9.88 Å². The fourth-order valence-electron chi connectivity index (χ4n) is 2.24. The molecular weight excluding hydrogens is 306 g/mol. The van der Waals surface area contributed by atoms with E-state index in [0.717, 1.165) is 12.0 Å². The second-order valence-electron chi connectivity index (χ2n) is 5.19. The Labute approximate surface area is 130 Å². The van der Waals surface area contributed by atoms with E-state index in [9.17, 15) is 13.2 Å². The number of ether oxygens (including phenoxy) is 1. The third-order valence-corrected chi connectivity index (χ3v) is 4.51. The molecule has 1 aromatic rings. The van der Waals surface area contributed by atoms with Gasteiger partial charge in [0.25, 0.3) is 0 Å². The zero-order valence-corrected chi connectivity index (χ0v) is 13.3. The van der Waals surface area contributed by atoms with Gasteiger partial charge in [0.1, 0.15) is 0 Å². The zero-order chi connectivity index (χ0) is 16.2. The van der Waals surface area contributed by atoms with Crippen molar-refractivity contribution in [3.8, 4) is 0 Å². The molecule has 1 aliphatic heterocycles. The van der Waals surface area contributed by atoms with Crippen molar-refractivity contribution in [1.29, 1.82) is 0 Å². The molecule has 1 heterocycles. The van der Waals surface area contributed by atoms with Gasteiger partial charge in [0.05, 0.1) is 17.6 Å². The Morgan fingerprint density at radius 1 is 1.41 bits per heavy atom. The summed E-state index contributed by atoms with van der Waals surface area (Å²) in [5.41, 5.74) is 0.807. The van der Waals surface area contributed by atoms with Crippen molar-refractivity contribution >= 4 is 16.1 Å². The van der Waals surface area contributed by atoms with Crippen molar-refractivity contribution < 1.29 is 17.9 Å². The van der Waals surface area contributed by atoms with E-state index < -0.39 is 10.0 Å². The Morgan fingerprint density at radius 3 is 2.68 bits per heavy atom. The minimum atomic E-state index is -3.69. The van der Waals surface area contributed by atoms with Gasteiger partial charge in [0.2, 0.25) is 10.0 Å². The SMILES string of the molecule is CC[C@@H]1CN(C(=O)NCc2ccc(S(N)(=O)=O)cc2)CCO1. The molecule has 22 heavy (non-hydrogen) atoms. The summed E-state index contributed by atoms with van der Waals surface area (Å²) in [5, 5.41) is 7.86. The van der Waals surface area contributed by atoms with Gasteiger partial charge in [-0.1, -0.05) is 19.1 Å². The Hall–Kier alpha value is -1.64. The number of nitrogens with zero attached hydrogens (tertiary/aromatic N) is 1. The van der Waals surface area contributed by atoms with Crippen LogP contribution >= 0.6 is 0 Å². The van der Waals surface area contributed by atoms with Gasteiger partial charge in [0, 0.05) is 19.6 Å². The van der Waals surface area contributed by atoms with E-state index in [2.05, 4.69) is 5.32 Å². The number of nitrogens with one attached hydrogen (secondary N) is 1. The maximum absolute atomic E-state index is 12.1. The van der Waals surface area contributed by atoms with E-state index in [0.29, 0.717) is 26.2 Å². The third-order valence-electron chi connectivity index (χ3n) is 3.58. The smallest absolute Gasteiger partial charge is 0.317 e. The summed E-state index contributed by atoms with van der Waals surface area (Å²) in [4.78, 5) is 13.9. The molecule has 122 valence electrons. The van der Waals surface area contributed by atoms with Gasteiger partial charge in [-0.3, -0.25) is 0 Å². The number of sulfonamides is 1. The van der Waals surface area contributed by atoms with Crippen molar-refractivity contribution in [1.82, 2.24) is 10.2 Å². The lowest BCUT2D eigenvalue weighted by Gasteiger charge is -2.32. The third kappa shape index (κ3) is 4.43. The molecule has 0 bridgehead atoms. The molecular formula is C14H21N3O4S. The molecule has 2 rings (SSSR count). The van der Waals surface area contributed by atoms with E-state index in [1.54, 1.807) is 17.0 Å². The predicted molar refractivity (Wildman–Crippen MR) is 81.7 cm³/mol. The molecule has 0 aromatic heterocycles. The van der Waals surface area contributed by atoms with Gasteiger partial charge >= 0.3 is 6.03 Å². The summed E-state index contributed by atoms with van der Waals surface area (Å²) in [6, 6.07) is 5.98. The van der Waals surface area contributed by atoms with E-state index in [1.165, 1.54) is 12.1 Å². The zero-order valence-electron chi connectivity index (χ0n) is 12.5.